The summed E-state index contributed by atoms with van der Waals surface area (Å²) in [6.07, 6.45) is 46.6. The molecule has 0 bridgehead atoms. The van der Waals surface area contributed by atoms with Gasteiger partial charge in [0.05, 0.1) is 6.61 Å². The van der Waals surface area contributed by atoms with Crippen molar-refractivity contribution < 1.29 is 19.0 Å². The zero-order valence-corrected chi connectivity index (χ0v) is 32.1. The molecule has 0 radical (unpaired) electrons. The highest BCUT2D eigenvalue weighted by molar-refractivity contribution is 5.69. The van der Waals surface area contributed by atoms with Crippen molar-refractivity contribution in [1.82, 2.24) is 0 Å². The highest BCUT2D eigenvalue weighted by Crippen LogP contribution is 2.14. The third-order valence-corrected chi connectivity index (χ3v) is 9.03. The number of rotatable bonds is 39. The fourth-order valence-corrected chi connectivity index (χ4v) is 5.87. The van der Waals surface area contributed by atoms with Gasteiger partial charge in [0, 0.05) is 19.6 Å². The maximum atomic E-state index is 12.2. The van der Waals surface area contributed by atoms with Gasteiger partial charge >= 0.3 is 5.97 Å². The Morgan fingerprint density at radius 1 is 0.447 bits per heavy atom. The topological polar surface area (TPSA) is 44.8 Å². The van der Waals surface area contributed by atoms with Gasteiger partial charge in [0.2, 0.25) is 0 Å². The van der Waals surface area contributed by atoms with Crippen molar-refractivity contribution in [2.45, 2.75) is 226 Å². The van der Waals surface area contributed by atoms with E-state index in [2.05, 4.69) is 45.1 Å². The lowest BCUT2D eigenvalue weighted by Gasteiger charge is -2.19. The molecule has 0 aromatic heterocycles. The van der Waals surface area contributed by atoms with E-state index in [-0.39, 0.29) is 12.3 Å². The first-order valence-electron chi connectivity index (χ1n) is 20.9. The summed E-state index contributed by atoms with van der Waals surface area (Å²) in [7, 11) is 0. The summed E-state index contributed by atoms with van der Waals surface area (Å²) in [5.41, 5.74) is 0. The summed E-state index contributed by atoms with van der Waals surface area (Å²) in [4.78, 5) is 12.2. The molecule has 0 spiro atoms. The monoisotopic (exact) mass is 663 g/mol. The number of carbonyl (C=O) groups is 1. The van der Waals surface area contributed by atoms with Gasteiger partial charge in [-0.1, -0.05) is 167 Å². The van der Waals surface area contributed by atoms with Crippen LogP contribution in [0.25, 0.3) is 0 Å². The van der Waals surface area contributed by atoms with Crippen molar-refractivity contribution in [1.29, 1.82) is 0 Å². The number of esters is 1. The minimum absolute atomic E-state index is 0.0451. The van der Waals surface area contributed by atoms with Crippen molar-refractivity contribution in [3.63, 3.8) is 0 Å². The predicted molar refractivity (Wildman–Crippen MR) is 205 cm³/mol. The highest BCUT2D eigenvalue weighted by atomic mass is 16.7. The minimum Gasteiger partial charge on any atom is -0.466 e. The smallest absolute Gasteiger partial charge is 0.305 e. The Labute approximate surface area is 294 Å². The van der Waals surface area contributed by atoms with Gasteiger partial charge in [0.15, 0.2) is 6.29 Å². The van der Waals surface area contributed by atoms with Crippen LogP contribution in [0, 0.1) is 0 Å². The van der Waals surface area contributed by atoms with E-state index in [0.29, 0.717) is 13.0 Å². The van der Waals surface area contributed by atoms with Crippen LogP contribution in [0.15, 0.2) is 24.3 Å². The van der Waals surface area contributed by atoms with Crippen molar-refractivity contribution in [3.8, 4) is 0 Å². The van der Waals surface area contributed by atoms with Crippen molar-refractivity contribution in [2.75, 3.05) is 19.8 Å². The van der Waals surface area contributed by atoms with Crippen LogP contribution in [0.1, 0.15) is 220 Å². The molecule has 0 aliphatic heterocycles. The molecule has 0 amide bonds. The average molecular weight is 663 g/mol. The van der Waals surface area contributed by atoms with Crippen LogP contribution in [0.4, 0.5) is 0 Å². The van der Waals surface area contributed by atoms with E-state index in [0.717, 1.165) is 58.2 Å². The normalized spacial score (nSPS) is 11.9. The molecule has 0 fully saturated rings. The maximum Gasteiger partial charge on any atom is 0.305 e. The van der Waals surface area contributed by atoms with Crippen LogP contribution < -0.4 is 0 Å². The van der Waals surface area contributed by atoms with Gasteiger partial charge in [0.25, 0.3) is 0 Å². The molecular weight excluding hydrogens is 580 g/mol. The average Bonchev–Trinajstić information content (AvgIpc) is 3.08. The SMILES string of the molecule is CCCCCC=CCC=CCCCCCCCCCCCOC(=O)CCCCC(OCCCCCCCC)OCCCCCCCC. The third-order valence-electron chi connectivity index (χ3n) is 9.03. The van der Waals surface area contributed by atoms with Gasteiger partial charge in [-0.25, -0.2) is 0 Å². The summed E-state index contributed by atoms with van der Waals surface area (Å²) < 4.78 is 17.8. The fourth-order valence-electron chi connectivity index (χ4n) is 5.87. The molecule has 47 heavy (non-hydrogen) atoms. The lowest BCUT2D eigenvalue weighted by molar-refractivity contribution is -0.149. The van der Waals surface area contributed by atoms with E-state index in [1.165, 1.54) is 148 Å². The Morgan fingerprint density at radius 2 is 0.851 bits per heavy atom. The first-order chi connectivity index (χ1) is 23.2. The quantitative estimate of drug-likeness (QED) is 0.0284. The van der Waals surface area contributed by atoms with E-state index in [4.69, 9.17) is 14.2 Å². The molecule has 278 valence electrons. The molecule has 0 heterocycles. The van der Waals surface area contributed by atoms with Crippen LogP contribution in [-0.4, -0.2) is 32.1 Å². The standard InChI is InChI=1S/C43H82O4/c1-4-7-10-13-16-17-18-19-20-21-22-23-24-25-26-27-28-31-34-39-45-42(44)37-32-33-38-43(46-40-35-29-14-11-8-5-2)47-41-36-30-15-12-9-6-3/h16-17,19-20,43H,4-15,18,21-41H2,1-3H3. The summed E-state index contributed by atoms with van der Waals surface area (Å²) in [5, 5.41) is 0. The Hall–Kier alpha value is -1.13. The molecule has 0 aromatic rings. The molecule has 4 nitrogen and oxygen atoms in total. The van der Waals surface area contributed by atoms with Crippen molar-refractivity contribution in [3.05, 3.63) is 24.3 Å². The lowest BCUT2D eigenvalue weighted by atomic mass is 10.1. The molecule has 0 aliphatic rings. The molecule has 4 heteroatoms. The Balaban J connectivity index is 3.72. The number of hydrogen-bond acceptors (Lipinski definition) is 4. The number of hydrogen-bond donors (Lipinski definition) is 0. The summed E-state index contributed by atoms with van der Waals surface area (Å²) in [6.45, 7) is 8.92. The number of allylic oxidation sites excluding steroid dienone is 4. The second-order valence-corrected chi connectivity index (χ2v) is 13.8. The van der Waals surface area contributed by atoms with E-state index in [1.54, 1.807) is 0 Å². The third kappa shape index (κ3) is 39.2. The fraction of sp³-hybridized carbons (Fsp3) is 0.884. The highest BCUT2D eigenvalue weighted by Gasteiger charge is 2.11. The zero-order valence-electron chi connectivity index (χ0n) is 32.1. The van der Waals surface area contributed by atoms with Gasteiger partial charge in [-0.3, -0.25) is 4.79 Å². The summed E-state index contributed by atoms with van der Waals surface area (Å²) in [5.74, 6) is -0.0451. The summed E-state index contributed by atoms with van der Waals surface area (Å²) in [6, 6.07) is 0. The van der Waals surface area contributed by atoms with Gasteiger partial charge in [-0.05, 0) is 70.6 Å². The molecule has 0 aromatic carbocycles. The van der Waals surface area contributed by atoms with E-state index in [1.807, 2.05) is 0 Å². The van der Waals surface area contributed by atoms with Crippen LogP contribution >= 0.6 is 0 Å². The second kappa shape index (κ2) is 41.0. The maximum absolute atomic E-state index is 12.2. The van der Waals surface area contributed by atoms with Gasteiger partial charge in [-0.2, -0.15) is 0 Å². The lowest BCUT2D eigenvalue weighted by Crippen LogP contribution is -2.19. The molecule has 0 saturated heterocycles. The first-order valence-corrected chi connectivity index (χ1v) is 20.9. The molecule has 0 N–H and O–H groups in total. The van der Waals surface area contributed by atoms with Gasteiger partial charge < -0.3 is 14.2 Å². The molecule has 0 unspecified atom stereocenters. The Morgan fingerprint density at radius 3 is 1.36 bits per heavy atom. The molecular formula is C43H82O4. The first kappa shape index (κ1) is 45.9. The van der Waals surface area contributed by atoms with Crippen LogP contribution in [0.3, 0.4) is 0 Å². The van der Waals surface area contributed by atoms with Gasteiger partial charge in [0.1, 0.15) is 0 Å². The van der Waals surface area contributed by atoms with E-state index in [9.17, 15) is 4.79 Å². The molecule has 0 rings (SSSR count). The zero-order chi connectivity index (χ0) is 34.1. The minimum atomic E-state index is -0.128. The predicted octanol–water partition coefficient (Wildman–Crippen LogP) is 14.2. The van der Waals surface area contributed by atoms with Crippen LogP contribution in [0.5, 0.6) is 0 Å². The van der Waals surface area contributed by atoms with Crippen molar-refractivity contribution in [2.24, 2.45) is 0 Å². The van der Waals surface area contributed by atoms with Crippen LogP contribution in [-0.2, 0) is 19.0 Å². The Bertz CT molecular complexity index is 640. The second-order valence-electron chi connectivity index (χ2n) is 13.8. The molecule has 0 saturated carbocycles. The summed E-state index contributed by atoms with van der Waals surface area (Å²) >= 11 is 0. The number of ether oxygens (including phenoxy) is 3. The number of unbranched alkanes of at least 4 members (excludes halogenated alkanes) is 23. The van der Waals surface area contributed by atoms with Crippen molar-refractivity contribution >= 4 is 5.97 Å². The largest absolute Gasteiger partial charge is 0.466 e. The van der Waals surface area contributed by atoms with Crippen LogP contribution in [0.2, 0.25) is 0 Å². The van der Waals surface area contributed by atoms with E-state index >= 15 is 0 Å². The molecule has 0 aliphatic carbocycles. The van der Waals surface area contributed by atoms with E-state index < -0.39 is 0 Å². The number of carbonyl (C=O) groups excluding carboxylic acids is 1. The van der Waals surface area contributed by atoms with Gasteiger partial charge in [-0.15, -0.1) is 0 Å². The Kier molecular flexibility index (Phi) is 40.1. The molecule has 0 atom stereocenters.